The van der Waals surface area contributed by atoms with Gasteiger partial charge in [0.1, 0.15) is 5.82 Å². The second-order valence-corrected chi connectivity index (χ2v) is 4.64. The summed E-state index contributed by atoms with van der Waals surface area (Å²) < 4.78 is 17.8. The van der Waals surface area contributed by atoms with Crippen LogP contribution in [0.1, 0.15) is 31.1 Å². The second kappa shape index (κ2) is 5.37. The number of ether oxygens (including phenoxy) is 1. The lowest BCUT2D eigenvalue weighted by Crippen LogP contribution is -2.20. The van der Waals surface area contributed by atoms with Crippen molar-refractivity contribution >= 4 is 17.5 Å². The molecule has 1 aliphatic rings. The molecule has 0 aromatic heterocycles. The third-order valence-electron chi connectivity index (χ3n) is 3.21. The van der Waals surface area contributed by atoms with E-state index in [1.165, 1.54) is 24.3 Å². The van der Waals surface area contributed by atoms with Crippen LogP contribution in [0, 0.1) is 5.82 Å². The summed E-state index contributed by atoms with van der Waals surface area (Å²) >= 11 is 0. The number of carbonyl (C=O) groups excluding carboxylic acids is 3. The van der Waals surface area contributed by atoms with Gasteiger partial charge in [-0.15, -0.1) is 0 Å². The van der Waals surface area contributed by atoms with Crippen LogP contribution in [0.2, 0.25) is 0 Å². The fraction of sp³-hybridized carbons (Fsp3) is 0. The van der Waals surface area contributed by atoms with E-state index in [1.54, 1.807) is 12.1 Å². The van der Waals surface area contributed by atoms with Crippen LogP contribution < -0.4 is 0 Å². The van der Waals surface area contributed by atoms with E-state index in [4.69, 9.17) is 4.74 Å². The molecular weight excluding hydrogens is 287 g/mol. The van der Waals surface area contributed by atoms with Crippen molar-refractivity contribution in [3.63, 3.8) is 0 Å². The number of carbonyl (C=O) groups is 3. The summed E-state index contributed by atoms with van der Waals surface area (Å²) in [5, 5.41) is 0. The molecule has 108 valence electrons. The normalized spacial score (nSPS) is 13.4. The van der Waals surface area contributed by atoms with Gasteiger partial charge in [0.05, 0.1) is 5.56 Å². The molecule has 0 fully saturated rings. The Kier molecular flexibility index (Phi) is 3.39. The summed E-state index contributed by atoms with van der Waals surface area (Å²) in [6.45, 7) is 0. The number of esters is 1. The highest BCUT2D eigenvalue weighted by molar-refractivity contribution is 6.24. The van der Waals surface area contributed by atoms with Gasteiger partial charge in [-0.05, 0) is 24.3 Å². The lowest BCUT2D eigenvalue weighted by molar-refractivity contribution is 0.0585. The predicted octanol–water partition coefficient (Wildman–Crippen LogP) is 2.95. The Bertz CT molecular complexity index is 819. The predicted molar refractivity (Wildman–Crippen MR) is 75.0 cm³/mol. The van der Waals surface area contributed by atoms with Gasteiger partial charge in [-0.3, -0.25) is 9.59 Å². The lowest BCUT2D eigenvalue weighted by Gasteiger charge is -2.14. The summed E-state index contributed by atoms with van der Waals surface area (Å²) in [6.07, 6.45) is 0.992. The summed E-state index contributed by atoms with van der Waals surface area (Å²) in [4.78, 5) is 36.1. The van der Waals surface area contributed by atoms with Crippen LogP contribution >= 0.6 is 0 Å². The average Bonchev–Trinajstić information content (AvgIpc) is 2.53. The number of rotatable bonds is 2. The van der Waals surface area contributed by atoms with Crippen molar-refractivity contribution in [2.24, 2.45) is 0 Å². The van der Waals surface area contributed by atoms with Crippen LogP contribution in [0.4, 0.5) is 4.39 Å². The molecule has 0 heterocycles. The topological polar surface area (TPSA) is 60.4 Å². The summed E-state index contributed by atoms with van der Waals surface area (Å²) in [5.74, 6) is -2.60. The zero-order valence-corrected chi connectivity index (χ0v) is 11.2. The number of benzene rings is 2. The molecule has 3 rings (SSSR count). The Balaban J connectivity index is 1.87. The zero-order chi connectivity index (χ0) is 15.7. The number of ketones is 2. The Hall–Kier alpha value is -3.08. The van der Waals surface area contributed by atoms with Gasteiger partial charge in [-0.25, -0.2) is 9.18 Å². The molecule has 5 heteroatoms. The molecule has 2 aromatic carbocycles. The van der Waals surface area contributed by atoms with E-state index in [0.717, 1.165) is 18.2 Å². The number of Topliss-reactive ketones (excluding diaryl/α,β-unsaturated/α-hetero) is 1. The number of hydrogen-bond acceptors (Lipinski definition) is 4. The van der Waals surface area contributed by atoms with Gasteiger partial charge < -0.3 is 4.74 Å². The second-order valence-electron chi connectivity index (χ2n) is 4.64. The summed E-state index contributed by atoms with van der Waals surface area (Å²) in [7, 11) is 0. The van der Waals surface area contributed by atoms with Crippen molar-refractivity contribution in [1.29, 1.82) is 0 Å². The van der Waals surface area contributed by atoms with E-state index in [2.05, 4.69) is 0 Å². The van der Waals surface area contributed by atoms with Crippen LogP contribution in [0.3, 0.4) is 0 Å². The zero-order valence-electron chi connectivity index (χ0n) is 11.2. The molecule has 1 aliphatic carbocycles. The van der Waals surface area contributed by atoms with Gasteiger partial charge in [0.15, 0.2) is 11.5 Å². The number of halogens is 1. The standard InChI is InChI=1S/C17H9FO4/c18-11-7-5-10(6-8-11)17(21)22-15-9-14(19)12-3-1-2-4-13(12)16(15)20/h1-9H. The highest BCUT2D eigenvalue weighted by atomic mass is 19.1. The van der Waals surface area contributed by atoms with Gasteiger partial charge >= 0.3 is 5.97 Å². The van der Waals surface area contributed by atoms with Gasteiger partial charge in [0.2, 0.25) is 5.78 Å². The number of hydrogen-bond donors (Lipinski definition) is 0. The fourth-order valence-electron chi connectivity index (χ4n) is 2.11. The van der Waals surface area contributed by atoms with E-state index in [0.29, 0.717) is 0 Å². The molecule has 0 aliphatic heterocycles. The molecule has 0 bridgehead atoms. The minimum atomic E-state index is -0.827. The van der Waals surface area contributed by atoms with E-state index < -0.39 is 23.4 Å². The van der Waals surface area contributed by atoms with Crippen molar-refractivity contribution in [3.05, 3.63) is 82.9 Å². The first-order valence-corrected chi connectivity index (χ1v) is 6.44. The quantitative estimate of drug-likeness (QED) is 0.799. The van der Waals surface area contributed by atoms with Gasteiger partial charge in [0, 0.05) is 17.2 Å². The van der Waals surface area contributed by atoms with E-state index in [1.807, 2.05) is 0 Å². The minimum absolute atomic E-state index is 0.0846. The van der Waals surface area contributed by atoms with Crippen molar-refractivity contribution in [2.75, 3.05) is 0 Å². The largest absolute Gasteiger partial charge is 0.419 e. The van der Waals surface area contributed by atoms with Crippen molar-refractivity contribution in [3.8, 4) is 0 Å². The Morgan fingerprint density at radius 1 is 0.909 bits per heavy atom. The van der Waals surface area contributed by atoms with Gasteiger partial charge in [-0.2, -0.15) is 0 Å². The fourth-order valence-corrected chi connectivity index (χ4v) is 2.11. The first-order valence-electron chi connectivity index (χ1n) is 6.44. The maximum absolute atomic E-state index is 12.8. The third-order valence-corrected chi connectivity index (χ3v) is 3.21. The van der Waals surface area contributed by atoms with Crippen molar-refractivity contribution in [1.82, 2.24) is 0 Å². The summed E-state index contributed by atoms with van der Waals surface area (Å²) in [6, 6.07) is 11.0. The molecule has 0 saturated carbocycles. The van der Waals surface area contributed by atoms with E-state index in [9.17, 15) is 18.8 Å². The molecule has 0 spiro atoms. The van der Waals surface area contributed by atoms with Crippen LogP contribution in [-0.4, -0.2) is 17.5 Å². The molecule has 0 saturated heterocycles. The van der Waals surface area contributed by atoms with Crippen LogP contribution in [0.15, 0.2) is 60.4 Å². The molecule has 0 amide bonds. The molecule has 4 nitrogen and oxygen atoms in total. The Labute approximate surface area is 124 Å². The molecule has 22 heavy (non-hydrogen) atoms. The monoisotopic (exact) mass is 296 g/mol. The first-order chi connectivity index (χ1) is 10.6. The van der Waals surface area contributed by atoms with Crippen molar-refractivity contribution < 1.29 is 23.5 Å². The molecule has 2 aromatic rings. The Morgan fingerprint density at radius 3 is 2.23 bits per heavy atom. The van der Waals surface area contributed by atoms with Crippen LogP contribution in [0.5, 0.6) is 0 Å². The Morgan fingerprint density at radius 2 is 1.55 bits per heavy atom. The number of fused-ring (bicyclic) bond motifs is 1. The van der Waals surface area contributed by atoms with Crippen LogP contribution in [0.25, 0.3) is 0 Å². The average molecular weight is 296 g/mol. The lowest BCUT2D eigenvalue weighted by atomic mass is 9.94. The SMILES string of the molecule is O=C(OC1=CC(=O)c2ccccc2C1=O)c1ccc(F)cc1. The minimum Gasteiger partial charge on any atom is -0.419 e. The third kappa shape index (κ3) is 2.44. The molecule has 0 atom stereocenters. The molecule has 0 radical (unpaired) electrons. The number of allylic oxidation sites excluding steroid dienone is 2. The molecule has 0 unspecified atom stereocenters. The highest BCUT2D eigenvalue weighted by Crippen LogP contribution is 2.22. The summed E-state index contributed by atoms with van der Waals surface area (Å²) in [5.41, 5.74) is 0.549. The van der Waals surface area contributed by atoms with E-state index >= 15 is 0 Å². The van der Waals surface area contributed by atoms with Crippen molar-refractivity contribution in [2.45, 2.75) is 0 Å². The first kappa shape index (κ1) is 13.9. The smallest absolute Gasteiger partial charge is 0.343 e. The van der Waals surface area contributed by atoms with Crippen LogP contribution in [-0.2, 0) is 4.74 Å². The van der Waals surface area contributed by atoms with Gasteiger partial charge in [-0.1, -0.05) is 24.3 Å². The maximum Gasteiger partial charge on any atom is 0.343 e. The molecular formula is C17H9FO4. The molecule has 0 N–H and O–H groups in total. The van der Waals surface area contributed by atoms with Gasteiger partial charge in [0.25, 0.3) is 0 Å². The highest BCUT2D eigenvalue weighted by Gasteiger charge is 2.28. The van der Waals surface area contributed by atoms with E-state index in [-0.39, 0.29) is 22.4 Å². The maximum atomic E-state index is 12.8.